The summed E-state index contributed by atoms with van der Waals surface area (Å²) in [6, 6.07) is 20.3. The highest BCUT2D eigenvalue weighted by molar-refractivity contribution is 6.10. The van der Waals surface area contributed by atoms with Gasteiger partial charge in [0.1, 0.15) is 11.6 Å². The number of nitrogens with one attached hydrogen (secondary N) is 1. The fraction of sp³-hybridized carbons (Fsp3) is 0.0400. The molecule has 0 radical (unpaired) electrons. The Kier molecular flexibility index (Phi) is 4.47. The van der Waals surface area contributed by atoms with Gasteiger partial charge < -0.3 is 5.73 Å². The Balaban J connectivity index is 1.56. The Hall–Kier alpha value is -4.06. The lowest BCUT2D eigenvalue weighted by Crippen LogP contribution is -2.06. The number of carbonyl (C=O) groups is 1. The molecule has 0 amide bonds. The van der Waals surface area contributed by atoms with Gasteiger partial charge in [0.25, 0.3) is 0 Å². The van der Waals surface area contributed by atoms with Crippen molar-refractivity contribution in [3.63, 3.8) is 0 Å². The summed E-state index contributed by atoms with van der Waals surface area (Å²) in [4.78, 5) is 12.9. The standard InChI is InChI=1S/C25H17F2N3O/c26-17-9-7-16(21(27)13-17)12-23(31)20-5-1-3-14-11-15(8-10-18(14)20)19-4-2-6-22-24(19)25(28)30-29-22/h1-11,13H,12H2,(H3,28,29,30). The fourth-order valence-electron chi connectivity index (χ4n) is 3.97. The molecule has 0 aliphatic rings. The number of carbonyl (C=O) groups excluding carboxylic acids is 1. The number of hydrogen-bond donors (Lipinski definition) is 2. The van der Waals surface area contributed by atoms with Crippen LogP contribution in [0.15, 0.2) is 72.8 Å². The maximum absolute atomic E-state index is 14.0. The summed E-state index contributed by atoms with van der Waals surface area (Å²) < 4.78 is 27.2. The van der Waals surface area contributed by atoms with Crippen molar-refractivity contribution in [2.75, 3.05) is 5.73 Å². The van der Waals surface area contributed by atoms with Gasteiger partial charge in [0.2, 0.25) is 0 Å². The zero-order valence-corrected chi connectivity index (χ0v) is 16.3. The molecule has 0 spiro atoms. The highest BCUT2D eigenvalue weighted by Gasteiger charge is 2.15. The number of aromatic amines is 1. The number of hydrogen-bond acceptors (Lipinski definition) is 3. The zero-order chi connectivity index (χ0) is 21.5. The number of H-pyrrole nitrogens is 1. The van der Waals surface area contributed by atoms with Crippen molar-refractivity contribution in [3.05, 3.63) is 95.6 Å². The van der Waals surface area contributed by atoms with Gasteiger partial charge in [-0.1, -0.05) is 48.5 Å². The zero-order valence-electron chi connectivity index (χ0n) is 16.3. The average Bonchev–Trinajstić information content (AvgIpc) is 3.16. The SMILES string of the molecule is Nc1n[nH]c2cccc(-c3ccc4c(C(=O)Cc5ccc(F)cc5F)cccc4c3)c12. The normalized spacial score (nSPS) is 11.3. The molecule has 5 rings (SSSR count). The van der Waals surface area contributed by atoms with E-state index in [1.165, 1.54) is 6.07 Å². The molecule has 0 aliphatic heterocycles. The first-order valence-corrected chi connectivity index (χ1v) is 9.74. The van der Waals surface area contributed by atoms with Crippen molar-refractivity contribution in [1.82, 2.24) is 10.2 Å². The Morgan fingerprint density at radius 3 is 2.65 bits per heavy atom. The quantitative estimate of drug-likeness (QED) is 0.373. The van der Waals surface area contributed by atoms with E-state index in [1.807, 2.05) is 42.5 Å². The molecule has 0 saturated heterocycles. The van der Waals surface area contributed by atoms with E-state index in [1.54, 1.807) is 12.1 Å². The molecule has 1 heterocycles. The first-order valence-electron chi connectivity index (χ1n) is 9.74. The number of nitrogens with zero attached hydrogens (tertiary/aromatic N) is 1. The van der Waals surface area contributed by atoms with Crippen LogP contribution >= 0.6 is 0 Å². The fourth-order valence-corrected chi connectivity index (χ4v) is 3.97. The maximum atomic E-state index is 14.0. The number of fused-ring (bicyclic) bond motifs is 2. The molecular weight excluding hydrogens is 396 g/mol. The molecule has 31 heavy (non-hydrogen) atoms. The molecule has 0 fully saturated rings. The Labute approximate surface area is 176 Å². The number of rotatable bonds is 4. The van der Waals surface area contributed by atoms with E-state index in [4.69, 9.17) is 5.73 Å². The molecule has 5 aromatic rings. The molecule has 152 valence electrons. The summed E-state index contributed by atoms with van der Waals surface area (Å²) in [7, 11) is 0. The van der Waals surface area contributed by atoms with Crippen molar-refractivity contribution in [2.24, 2.45) is 0 Å². The monoisotopic (exact) mass is 413 g/mol. The van der Waals surface area contributed by atoms with Crippen molar-refractivity contribution in [2.45, 2.75) is 6.42 Å². The number of ketones is 1. The molecule has 4 nitrogen and oxygen atoms in total. The molecular formula is C25H17F2N3O. The minimum absolute atomic E-state index is 0.141. The van der Waals surface area contributed by atoms with E-state index in [0.29, 0.717) is 11.4 Å². The minimum atomic E-state index is -0.721. The molecule has 0 aliphatic carbocycles. The third-order valence-electron chi connectivity index (χ3n) is 5.48. The number of benzene rings is 4. The lowest BCUT2D eigenvalue weighted by atomic mass is 9.94. The average molecular weight is 413 g/mol. The Bertz CT molecular complexity index is 1470. The summed E-state index contributed by atoms with van der Waals surface area (Å²) in [5.74, 6) is -1.19. The lowest BCUT2D eigenvalue weighted by Gasteiger charge is -2.10. The molecule has 4 aromatic carbocycles. The summed E-state index contributed by atoms with van der Waals surface area (Å²) in [6.45, 7) is 0. The number of aromatic nitrogens is 2. The van der Waals surface area contributed by atoms with Gasteiger partial charge >= 0.3 is 0 Å². The summed E-state index contributed by atoms with van der Waals surface area (Å²) in [6.07, 6.45) is -0.141. The van der Waals surface area contributed by atoms with Crippen LogP contribution < -0.4 is 5.73 Å². The molecule has 0 unspecified atom stereocenters. The number of halogens is 2. The topological polar surface area (TPSA) is 71.8 Å². The molecule has 0 saturated carbocycles. The van der Waals surface area contributed by atoms with Crippen LogP contribution in [0.4, 0.5) is 14.6 Å². The second-order valence-corrected chi connectivity index (χ2v) is 7.41. The third-order valence-corrected chi connectivity index (χ3v) is 5.48. The van der Waals surface area contributed by atoms with Gasteiger partial charge in [0, 0.05) is 18.1 Å². The van der Waals surface area contributed by atoms with Crippen molar-refractivity contribution in [3.8, 4) is 11.1 Å². The summed E-state index contributed by atoms with van der Waals surface area (Å²) >= 11 is 0. The van der Waals surface area contributed by atoms with E-state index >= 15 is 0 Å². The highest BCUT2D eigenvalue weighted by atomic mass is 19.1. The van der Waals surface area contributed by atoms with Crippen LogP contribution in [0.25, 0.3) is 32.8 Å². The van der Waals surface area contributed by atoms with E-state index in [-0.39, 0.29) is 17.8 Å². The second-order valence-electron chi connectivity index (χ2n) is 7.41. The van der Waals surface area contributed by atoms with Crippen LogP contribution in [0.3, 0.4) is 0 Å². The molecule has 6 heteroatoms. The lowest BCUT2D eigenvalue weighted by molar-refractivity contribution is 0.0993. The molecule has 3 N–H and O–H groups in total. The van der Waals surface area contributed by atoms with E-state index in [0.717, 1.165) is 44.9 Å². The molecule has 0 atom stereocenters. The minimum Gasteiger partial charge on any atom is -0.382 e. The second kappa shape index (κ2) is 7.32. The number of anilines is 1. The predicted molar refractivity (Wildman–Crippen MR) is 118 cm³/mol. The Morgan fingerprint density at radius 1 is 0.968 bits per heavy atom. The summed E-state index contributed by atoms with van der Waals surface area (Å²) in [5.41, 5.74) is 9.44. The van der Waals surface area contributed by atoms with E-state index in [9.17, 15) is 13.6 Å². The van der Waals surface area contributed by atoms with Crippen LogP contribution in [0.1, 0.15) is 15.9 Å². The van der Waals surface area contributed by atoms with Crippen LogP contribution in [0, 0.1) is 11.6 Å². The van der Waals surface area contributed by atoms with Gasteiger partial charge in [-0.3, -0.25) is 9.89 Å². The first-order chi connectivity index (χ1) is 15.0. The van der Waals surface area contributed by atoms with Crippen molar-refractivity contribution < 1.29 is 13.6 Å². The Morgan fingerprint density at radius 2 is 1.81 bits per heavy atom. The predicted octanol–water partition coefficient (Wildman–Crippen LogP) is 5.67. The van der Waals surface area contributed by atoms with Crippen LogP contribution in [0.5, 0.6) is 0 Å². The van der Waals surface area contributed by atoms with Crippen LogP contribution in [0.2, 0.25) is 0 Å². The third kappa shape index (κ3) is 3.32. The smallest absolute Gasteiger partial charge is 0.167 e. The van der Waals surface area contributed by atoms with Crippen molar-refractivity contribution >= 4 is 33.3 Å². The van der Waals surface area contributed by atoms with Gasteiger partial charge in [-0.2, -0.15) is 5.10 Å². The summed E-state index contributed by atoms with van der Waals surface area (Å²) in [5, 5.41) is 9.50. The van der Waals surface area contributed by atoms with Gasteiger partial charge in [-0.05, 0) is 45.7 Å². The van der Waals surface area contributed by atoms with Gasteiger partial charge in [-0.25, -0.2) is 8.78 Å². The highest BCUT2D eigenvalue weighted by Crippen LogP contribution is 2.33. The first kappa shape index (κ1) is 18.9. The molecule has 0 bridgehead atoms. The van der Waals surface area contributed by atoms with Gasteiger partial charge in [-0.15, -0.1) is 0 Å². The van der Waals surface area contributed by atoms with Gasteiger partial charge in [0.15, 0.2) is 11.6 Å². The van der Waals surface area contributed by atoms with E-state index < -0.39 is 11.6 Å². The van der Waals surface area contributed by atoms with Gasteiger partial charge in [0.05, 0.1) is 10.9 Å². The van der Waals surface area contributed by atoms with Crippen molar-refractivity contribution in [1.29, 1.82) is 0 Å². The maximum Gasteiger partial charge on any atom is 0.167 e. The number of nitrogen functional groups attached to an aromatic ring is 1. The largest absolute Gasteiger partial charge is 0.382 e. The van der Waals surface area contributed by atoms with Crippen LogP contribution in [-0.4, -0.2) is 16.0 Å². The molecule has 1 aromatic heterocycles. The number of nitrogens with two attached hydrogens (primary N) is 1. The van der Waals surface area contributed by atoms with Crippen LogP contribution in [-0.2, 0) is 6.42 Å². The van der Waals surface area contributed by atoms with E-state index in [2.05, 4.69) is 10.2 Å². The number of Topliss-reactive ketones (excluding diaryl/α,β-unsaturated/α-hetero) is 1.